The van der Waals surface area contributed by atoms with Crippen LogP contribution in [0.1, 0.15) is 6.42 Å². The van der Waals surface area contributed by atoms with Crippen molar-refractivity contribution in [3.8, 4) is 0 Å². The number of amides is 1. The van der Waals surface area contributed by atoms with Crippen molar-refractivity contribution in [2.45, 2.75) is 12.6 Å². The second-order valence-electron chi connectivity index (χ2n) is 2.01. The van der Waals surface area contributed by atoms with E-state index in [1.54, 1.807) is 0 Å². The molecule has 1 saturated heterocycles. The van der Waals surface area contributed by atoms with Gasteiger partial charge in [0.15, 0.2) is 0 Å². The van der Waals surface area contributed by atoms with Crippen LogP contribution in [0.15, 0.2) is 0 Å². The van der Waals surface area contributed by atoms with Gasteiger partial charge in [-0.25, -0.2) is 0 Å². The van der Waals surface area contributed by atoms with Gasteiger partial charge >= 0.3 is 0 Å². The summed E-state index contributed by atoms with van der Waals surface area (Å²) in [6, 6.07) is 0. The molecule has 9 heavy (non-hydrogen) atoms. The smallest absolute Gasteiger partial charge is 0.208 e. The molecule has 0 aromatic heterocycles. The van der Waals surface area contributed by atoms with Crippen LogP contribution in [0.25, 0.3) is 0 Å². The van der Waals surface area contributed by atoms with Crippen LogP contribution in [0.4, 0.5) is 0 Å². The Morgan fingerprint density at radius 3 is 3.11 bits per heavy atom. The normalized spacial score (nSPS) is 27.3. The third-order valence-electron chi connectivity index (χ3n) is 1.35. The zero-order valence-electron chi connectivity index (χ0n) is 5.18. The highest BCUT2D eigenvalue weighted by Gasteiger charge is 2.08. The molecular weight excluding hydrogens is 118 g/mol. The summed E-state index contributed by atoms with van der Waals surface area (Å²) in [7, 11) is 0. The highest BCUT2D eigenvalue weighted by molar-refractivity contribution is 5.46. The average molecular weight is 129 g/mol. The molecule has 0 spiro atoms. The van der Waals surface area contributed by atoms with Crippen molar-refractivity contribution in [1.29, 1.82) is 0 Å². The van der Waals surface area contributed by atoms with Gasteiger partial charge in [-0.15, -0.1) is 0 Å². The van der Waals surface area contributed by atoms with E-state index in [0.717, 1.165) is 26.0 Å². The standard InChI is InChI=1S/C5H11N3O/c9-4-8-5-1-2-6-3-7-5/h4-7H,1-3H2,(H,8,9). The molecule has 1 aliphatic heterocycles. The molecule has 0 aromatic rings. The minimum absolute atomic E-state index is 0.170. The first-order valence-electron chi connectivity index (χ1n) is 3.07. The largest absolute Gasteiger partial charge is 0.343 e. The molecule has 1 atom stereocenters. The van der Waals surface area contributed by atoms with Crippen molar-refractivity contribution < 1.29 is 4.79 Å². The number of carbonyl (C=O) groups is 1. The van der Waals surface area contributed by atoms with Gasteiger partial charge in [0, 0.05) is 6.67 Å². The second-order valence-corrected chi connectivity index (χ2v) is 2.01. The summed E-state index contributed by atoms with van der Waals surface area (Å²) in [6.07, 6.45) is 1.85. The molecule has 1 fully saturated rings. The monoisotopic (exact) mass is 129 g/mol. The molecule has 4 nitrogen and oxygen atoms in total. The zero-order valence-corrected chi connectivity index (χ0v) is 5.18. The summed E-state index contributed by atoms with van der Waals surface area (Å²) < 4.78 is 0. The summed E-state index contributed by atoms with van der Waals surface area (Å²) >= 11 is 0. The first-order chi connectivity index (χ1) is 4.43. The third kappa shape index (κ3) is 1.99. The lowest BCUT2D eigenvalue weighted by Crippen LogP contribution is -2.51. The Balaban J connectivity index is 2.15. The summed E-state index contributed by atoms with van der Waals surface area (Å²) in [5.74, 6) is 0. The third-order valence-corrected chi connectivity index (χ3v) is 1.35. The number of hydrogen-bond acceptors (Lipinski definition) is 3. The van der Waals surface area contributed by atoms with Crippen LogP contribution in [0.5, 0.6) is 0 Å². The van der Waals surface area contributed by atoms with E-state index in [1.807, 2.05) is 0 Å². The van der Waals surface area contributed by atoms with Gasteiger partial charge < -0.3 is 10.6 Å². The minimum Gasteiger partial charge on any atom is -0.343 e. The molecule has 1 aliphatic rings. The fraction of sp³-hybridized carbons (Fsp3) is 0.800. The molecular formula is C5H11N3O. The van der Waals surface area contributed by atoms with Crippen molar-refractivity contribution >= 4 is 6.41 Å². The van der Waals surface area contributed by atoms with Gasteiger partial charge in [0.2, 0.25) is 6.41 Å². The van der Waals surface area contributed by atoms with Gasteiger partial charge in [0.05, 0.1) is 6.17 Å². The highest BCUT2D eigenvalue weighted by Crippen LogP contribution is 1.87. The number of hydrogen-bond donors (Lipinski definition) is 3. The van der Waals surface area contributed by atoms with Crippen molar-refractivity contribution in [3.63, 3.8) is 0 Å². The second kappa shape index (κ2) is 3.42. The van der Waals surface area contributed by atoms with Crippen LogP contribution in [-0.2, 0) is 4.79 Å². The minimum atomic E-state index is 0.170. The molecule has 1 rings (SSSR count). The molecule has 1 unspecified atom stereocenters. The van der Waals surface area contributed by atoms with Crippen molar-refractivity contribution in [2.24, 2.45) is 0 Å². The van der Waals surface area contributed by atoms with E-state index < -0.39 is 0 Å². The topological polar surface area (TPSA) is 53.2 Å². The molecule has 0 aliphatic carbocycles. The van der Waals surface area contributed by atoms with E-state index in [-0.39, 0.29) is 6.17 Å². The summed E-state index contributed by atoms with van der Waals surface area (Å²) in [5, 5.41) is 8.83. The van der Waals surface area contributed by atoms with Crippen molar-refractivity contribution in [3.05, 3.63) is 0 Å². The molecule has 0 bridgehead atoms. The summed E-state index contributed by atoms with van der Waals surface area (Å²) in [4.78, 5) is 9.90. The van der Waals surface area contributed by atoms with Crippen LogP contribution in [0.2, 0.25) is 0 Å². The van der Waals surface area contributed by atoms with E-state index in [4.69, 9.17) is 0 Å². The fourth-order valence-corrected chi connectivity index (χ4v) is 0.857. The SMILES string of the molecule is O=CNC1CCNCN1. The number of nitrogens with one attached hydrogen (secondary N) is 3. The van der Waals surface area contributed by atoms with Crippen LogP contribution in [0, 0.1) is 0 Å². The Morgan fingerprint density at radius 2 is 2.56 bits per heavy atom. The van der Waals surface area contributed by atoms with Crippen molar-refractivity contribution in [2.75, 3.05) is 13.2 Å². The van der Waals surface area contributed by atoms with E-state index in [1.165, 1.54) is 0 Å². The van der Waals surface area contributed by atoms with Gasteiger partial charge in [-0.2, -0.15) is 0 Å². The Labute approximate surface area is 54.0 Å². The van der Waals surface area contributed by atoms with Crippen LogP contribution in [-0.4, -0.2) is 25.8 Å². The maximum Gasteiger partial charge on any atom is 0.208 e. The van der Waals surface area contributed by atoms with Crippen LogP contribution < -0.4 is 16.0 Å². The molecule has 0 saturated carbocycles. The van der Waals surface area contributed by atoms with E-state index >= 15 is 0 Å². The average Bonchev–Trinajstić information content (AvgIpc) is 1.91. The fourth-order valence-electron chi connectivity index (χ4n) is 0.857. The maximum atomic E-state index is 9.90. The van der Waals surface area contributed by atoms with Gasteiger partial charge in [0.25, 0.3) is 0 Å². The summed E-state index contributed by atoms with van der Waals surface area (Å²) in [5.41, 5.74) is 0. The zero-order chi connectivity index (χ0) is 6.53. The Morgan fingerprint density at radius 1 is 1.67 bits per heavy atom. The molecule has 4 heteroatoms. The van der Waals surface area contributed by atoms with Gasteiger partial charge in [0.1, 0.15) is 0 Å². The lowest BCUT2D eigenvalue weighted by Gasteiger charge is -2.23. The number of carbonyl (C=O) groups excluding carboxylic acids is 1. The van der Waals surface area contributed by atoms with Gasteiger partial charge in [-0.05, 0) is 13.0 Å². The van der Waals surface area contributed by atoms with Gasteiger partial charge in [-0.3, -0.25) is 10.1 Å². The molecule has 0 radical (unpaired) electrons. The molecule has 52 valence electrons. The predicted octanol–water partition coefficient (Wildman–Crippen LogP) is -1.40. The van der Waals surface area contributed by atoms with E-state index in [0.29, 0.717) is 0 Å². The van der Waals surface area contributed by atoms with Gasteiger partial charge in [-0.1, -0.05) is 0 Å². The summed E-state index contributed by atoms with van der Waals surface area (Å²) in [6.45, 7) is 1.75. The Hall–Kier alpha value is -0.610. The Bertz CT molecular complexity index is 90.2. The van der Waals surface area contributed by atoms with E-state index in [9.17, 15) is 4.79 Å². The van der Waals surface area contributed by atoms with E-state index in [2.05, 4.69) is 16.0 Å². The molecule has 1 heterocycles. The molecule has 3 N–H and O–H groups in total. The van der Waals surface area contributed by atoms with Crippen molar-refractivity contribution in [1.82, 2.24) is 16.0 Å². The molecule has 0 aromatic carbocycles. The lowest BCUT2D eigenvalue weighted by atomic mass is 10.3. The van der Waals surface area contributed by atoms with Crippen LogP contribution >= 0.6 is 0 Å². The highest BCUT2D eigenvalue weighted by atomic mass is 16.1. The molecule has 1 amide bonds. The lowest BCUT2D eigenvalue weighted by molar-refractivity contribution is -0.110. The predicted molar refractivity (Wildman–Crippen MR) is 33.6 cm³/mol. The Kier molecular flexibility index (Phi) is 2.48. The van der Waals surface area contributed by atoms with Crippen LogP contribution in [0.3, 0.4) is 0 Å². The number of rotatable bonds is 2. The first-order valence-corrected chi connectivity index (χ1v) is 3.07. The first kappa shape index (κ1) is 6.51. The quantitative estimate of drug-likeness (QED) is 0.402. The maximum absolute atomic E-state index is 9.90.